The van der Waals surface area contributed by atoms with Crippen molar-refractivity contribution < 1.29 is 0 Å². The van der Waals surface area contributed by atoms with Gasteiger partial charge in [-0.25, -0.2) is 0 Å². The van der Waals surface area contributed by atoms with Gasteiger partial charge in [-0.2, -0.15) is 0 Å². The Morgan fingerprint density at radius 1 is 0.917 bits per heavy atom. The second-order valence-electron chi connectivity index (χ2n) is 6.82. The van der Waals surface area contributed by atoms with Crippen LogP contribution in [0.2, 0.25) is 0 Å². The number of fused-ring (bicyclic) bond motifs is 2. The Morgan fingerprint density at radius 2 is 1.50 bits per heavy atom. The molecular formula is C22H26N2. The summed E-state index contributed by atoms with van der Waals surface area (Å²) in [6.45, 7) is 6.79. The van der Waals surface area contributed by atoms with Crippen LogP contribution in [0.4, 0.5) is 0 Å². The highest BCUT2D eigenvalue weighted by atomic mass is 15.2. The van der Waals surface area contributed by atoms with Crippen LogP contribution in [0.3, 0.4) is 0 Å². The molecule has 1 aliphatic heterocycles. The van der Waals surface area contributed by atoms with E-state index in [1.165, 1.54) is 39.9 Å². The van der Waals surface area contributed by atoms with Crippen molar-refractivity contribution in [1.29, 1.82) is 0 Å². The van der Waals surface area contributed by atoms with Crippen molar-refractivity contribution in [3.8, 4) is 0 Å². The van der Waals surface area contributed by atoms with Gasteiger partial charge in [0.2, 0.25) is 0 Å². The first kappa shape index (κ1) is 15.6. The van der Waals surface area contributed by atoms with E-state index >= 15 is 0 Å². The molecule has 0 aliphatic carbocycles. The van der Waals surface area contributed by atoms with E-state index in [0.29, 0.717) is 6.04 Å². The van der Waals surface area contributed by atoms with E-state index in [0.717, 1.165) is 26.2 Å². The van der Waals surface area contributed by atoms with Crippen LogP contribution in [0.5, 0.6) is 0 Å². The minimum atomic E-state index is 0.507. The van der Waals surface area contributed by atoms with E-state index < -0.39 is 0 Å². The van der Waals surface area contributed by atoms with Crippen molar-refractivity contribution in [1.82, 2.24) is 10.2 Å². The summed E-state index contributed by atoms with van der Waals surface area (Å²) < 4.78 is 0. The van der Waals surface area contributed by atoms with Crippen LogP contribution in [0, 0.1) is 0 Å². The van der Waals surface area contributed by atoms with Crippen molar-refractivity contribution >= 4 is 21.5 Å². The summed E-state index contributed by atoms with van der Waals surface area (Å²) in [7, 11) is 0. The number of piperazine rings is 1. The lowest BCUT2D eigenvalue weighted by Crippen LogP contribution is -2.45. The van der Waals surface area contributed by atoms with Crippen LogP contribution < -0.4 is 5.32 Å². The molecule has 0 bridgehead atoms. The first-order chi connectivity index (χ1) is 11.9. The summed E-state index contributed by atoms with van der Waals surface area (Å²) in [5.41, 5.74) is 1.53. The van der Waals surface area contributed by atoms with Gasteiger partial charge in [0.05, 0.1) is 0 Å². The molecule has 1 atom stereocenters. The predicted molar refractivity (Wildman–Crippen MR) is 104 cm³/mol. The van der Waals surface area contributed by atoms with E-state index in [1.807, 2.05) is 0 Å². The zero-order valence-electron chi connectivity index (χ0n) is 14.5. The Balaban J connectivity index is 1.96. The van der Waals surface area contributed by atoms with E-state index in [1.54, 1.807) is 0 Å². The number of benzene rings is 3. The van der Waals surface area contributed by atoms with Gasteiger partial charge in [0, 0.05) is 32.2 Å². The predicted octanol–water partition coefficient (Wildman–Crippen LogP) is 4.74. The minimum absolute atomic E-state index is 0.507. The fourth-order valence-electron chi connectivity index (χ4n) is 4.18. The van der Waals surface area contributed by atoms with Crippen LogP contribution in [-0.4, -0.2) is 31.1 Å². The lowest BCUT2D eigenvalue weighted by Gasteiger charge is -2.36. The van der Waals surface area contributed by atoms with E-state index in [9.17, 15) is 0 Å². The highest BCUT2D eigenvalue weighted by Crippen LogP contribution is 2.37. The smallest absolute Gasteiger partial charge is 0.0361 e. The standard InChI is InChI=1S/C22H26N2/c1-2-7-21(24-14-12-23-13-15-24)22-19-10-5-3-8-17(19)16-18-9-4-6-11-20(18)22/h3-6,8-11,16,21,23H,2,7,12-15H2,1H3/t21-/m0/s1. The summed E-state index contributed by atoms with van der Waals surface area (Å²) in [4.78, 5) is 2.69. The normalized spacial score (nSPS) is 17.4. The molecule has 24 heavy (non-hydrogen) atoms. The molecule has 0 unspecified atom stereocenters. The summed E-state index contributed by atoms with van der Waals surface area (Å²) in [6.07, 6.45) is 2.43. The molecule has 1 heterocycles. The lowest BCUT2D eigenvalue weighted by molar-refractivity contribution is 0.166. The summed E-state index contributed by atoms with van der Waals surface area (Å²) in [6, 6.07) is 20.6. The molecular weight excluding hydrogens is 292 g/mol. The van der Waals surface area contributed by atoms with Gasteiger partial charge < -0.3 is 5.32 Å². The van der Waals surface area contributed by atoms with Crippen molar-refractivity contribution in [2.24, 2.45) is 0 Å². The Kier molecular flexibility index (Phi) is 4.50. The first-order valence-electron chi connectivity index (χ1n) is 9.23. The third-order valence-electron chi connectivity index (χ3n) is 5.30. The average molecular weight is 318 g/mol. The highest BCUT2D eigenvalue weighted by Gasteiger charge is 2.24. The van der Waals surface area contributed by atoms with Crippen molar-refractivity contribution in [2.75, 3.05) is 26.2 Å². The largest absolute Gasteiger partial charge is 0.314 e. The molecule has 0 radical (unpaired) electrons. The fraction of sp³-hybridized carbons (Fsp3) is 0.364. The van der Waals surface area contributed by atoms with Crippen LogP contribution in [0.25, 0.3) is 21.5 Å². The van der Waals surface area contributed by atoms with Crippen molar-refractivity contribution in [3.63, 3.8) is 0 Å². The maximum Gasteiger partial charge on any atom is 0.0361 e. The third-order valence-corrected chi connectivity index (χ3v) is 5.30. The number of hydrogen-bond donors (Lipinski definition) is 1. The number of hydrogen-bond acceptors (Lipinski definition) is 2. The van der Waals surface area contributed by atoms with Crippen LogP contribution in [-0.2, 0) is 0 Å². The topological polar surface area (TPSA) is 15.3 Å². The zero-order chi connectivity index (χ0) is 16.4. The van der Waals surface area contributed by atoms with Gasteiger partial charge in [-0.05, 0) is 39.6 Å². The molecule has 0 spiro atoms. The lowest BCUT2D eigenvalue weighted by atomic mass is 9.89. The molecule has 3 aromatic carbocycles. The van der Waals surface area contributed by atoms with Gasteiger partial charge in [0.1, 0.15) is 0 Å². The molecule has 3 aromatic rings. The maximum absolute atomic E-state index is 3.50. The van der Waals surface area contributed by atoms with E-state index in [2.05, 4.69) is 71.7 Å². The third kappa shape index (κ3) is 2.81. The maximum atomic E-state index is 3.50. The Bertz CT molecular complexity index is 780. The number of nitrogens with zero attached hydrogens (tertiary/aromatic N) is 1. The van der Waals surface area contributed by atoms with Gasteiger partial charge in [-0.1, -0.05) is 61.9 Å². The SMILES string of the molecule is CCC[C@@H](c1c2ccccc2cc2ccccc12)N1CCNCC1. The van der Waals surface area contributed by atoms with Gasteiger partial charge >= 0.3 is 0 Å². The van der Waals surface area contributed by atoms with Crippen LogP contribution >= 0.6 is 0 Å². The van der Waals surface area contributed by atoms with Gasteiger partial charge in [0.15, 0.2) is 0 Å². The molecule has 0 aromatic heterocycles. The van der Waals surface area contributed by atoms with Gasteiger partial charge in [-0.3, -0.25) is 4.90 Å². The second-order valence-corrected chi connectivity index (χ2v) is 6.82. The fourth-order valence-corrected chi connectivity index (χ4v) is 4.18. The van der Waals surface area contributed by atoms with E-state index in [4.69, 9.17) is 0 Å². The number of rotatable bonds is 4. The monoisotopic (exact) mass is 318 g/mol. The molecule has 1 saturated heterocycles. The Labute approximate surface area is 144 Å². The molecule has 2 nitrogen and oxygen atoms in total. The van der Waals surface area contributed by atoms with Crippen LogP contribution in [0.15, 0.2) is 54.6 Å². The first-order valence-corrected chi connectivity index (χ1v) is 9.23. The average Bonchev–Trinajstić information content (AvgIpc) is 2.65. The second kappa shape index (κ2) is 6.92. The minimum Gasteiger partial charge on any atom is -0.314 e. The molecule has 1 N–H and O–H groups in total. The summed E-state index contributed by atoms with van der Waals surface area (Å²) in [5, 5.41) is 9.07. The Hall–Kier alpha value is -1.90. The molecule has 4 rings (SSSR count). The Morgan fingerprint density at radius 3 is 2.08 bits per heavy atom. The van der Waals surface area contributed by atoms with Gasteiger partial charge in [-0.15, -0.1) is 0 Å². The summed E-state index contributed by atoms with van der Waals surface area (Å²) >= 11 is 0. The van der Waals surface area contributed by atoms with Crippen molar-refractivity contribution in [2.45, 2.75) is 25.8 Å². The molecule has 1 aliphatic rings. The highest BCUT2D eigenvalue weighted by molar-refractivity contribution is 6.02. The van der Waals surface area contributed by atoms with E-state index in [-0.39, 0.29) is 0 Å². The molecule has 124 valence electrons. The van der Waals surface area contributed by atoms with Crippen molar-refractivity contribution in [3.05, 3.63) is 60.2 Å². The molecule has 1 fully saturated rings. The summed E-state index contributed by atoms with van der Waals surface area (Å²) in [5.74, 6) is 0. The zero-order valence-corrected chi connectivity index (χ0v) is 14.5. The van der Waals surface area contributed by atoms with Crippen LogP contribution in [0.1, 0.15) is 31.4 Å². The molecule has 2 heteroatoms. The van der Waals surface area contributed by atoms with Gasteiger partial charge in [0.25, 0.3) is 0 Å². The quantitative estimate of drug-likeness (QED) is 0.699. The molecule has 0 saturated carbocycles. The molecule has 0 amide bonds. The number of nitrogens with one attached hydrogen (secondary N) is 1.